The molecule has 3 N–H and O–H groups in total. The number of H-pyrrole nitrogens is 1. The SMILES string of the molecule is CCCCOC(=O)c1ccc(NC(=O)[C@H]2CC(=O)Nc3nc(N4CCCC4)[nH]c(=O)c32)cc1. The number of ether oxygens (including phenoxy) is 1. The van der Waals surface area contributed by atoms with Crippen molar-refractivity contribution in [2.45, 2.75) is 44.9 Å². The van der Waals surface area contributed by atoms with Crippen molar-refractivity contribution in [2.75, 3.05) is 35.2 Å². The molecule has 2 aliphatic heterocycles. The molecule has 1 aromatic heterocycles. The Morgan fingerprint density at radius 1 is 1.18 bits per heavy atom. The molecule has 1 saturated heterocycles. The van der Waals surface area contributed by atoms with Crippen molar-refractivity contribution in [1.29, 1.82) is 0 Å². The number of aromatic amines is 1. The number of hydrogen-bond donors (Lipinski definition) is 3. The monoisotopic (exact) mass is 453 g/mol. The van der Waals surface area contributed by atoms with E-state index in [-0.39, 0.29) is 23.7 Å². The van der Waals surface area contributed by atoms with Crippen LogP contribution in [0, 0.1) is 0 Å². The van der Waals surface area contributed by atoms with Gasteiger partial charge in [0.1, 0.15) is 5.82 Å². The van der Waals surface area contributed by atoms with Crippen LogP contribution >= 0.6 is 0 Å². The topological polar surface area (TPSA) is 133 Å². The van der Waals surface area contributed by atoms with E-state index in [0.29, 0.717) is 23.8 Å². The number of anilines is 3. The van der Waals surface area contributed by atoms with Crippen molar-refractivity contribution < 1.29 is 19.1 Å². The van der Waals surface area contributed by atoms with Crippen LogP contribution in [0.1, 0.15) is 60.9 Å². The Hall–Kier alpha value is -3.69. The summed E-state index contributed by atoms with van der Waals surface area (Å²) in [5.74, 6) is -1.74. The Balaban J connectivity index is 1.49. The molecule has 0 unspecified atom stereocenters. The Morgan fingerprint density at radius 2 is 1.91 bits per heavy atom. The van der Waals surface area contributed by atoms with Crippen LogP contribution in [0.5, 0.6) is 0 Å². The number of unbranched alkanes of at least 4 members (excludes halogenated alkanes) is 1. The summed E-state index contributed by atoms with van der Waals surface area (Å²) in [5, 5.41) is 5.35. The molecular weight excluding hydrogens is 426 g/mol. The highest BCUT2D eigenvalue weighted by Gasteiger charge is 2.35. The molecule has 10 heteroatoms. The first-order valence-electron chi connectivity index (χ1n) is 11.2. The first-order valence-corrected chi connectivity index (χ1v) is 11.2. The van der Waals surface area contributed by atoms with E-state index >= 15 is 0 Å². The van der Waals surface area contributed by atoms with Crippen LogP contribution < -0.4 is 21.1 Å². The second-order valence-corrected chi connectivity index (χ2v) is 8.21. The van der Waals surface area contributed by atoms with Gasteiger partial charge in [0, 0.05) is 25.2 Å². The van der Waals surface area contributed by atoms with E-state index in [0.717, 1.165) is 38.8 Å². The van der Waals surface area contributed by atoms with Gasteiger partial charge >= 0.3 is 5.97 Å². The largest absolute Gasteiger partial charge is 0.462 e. The molecule has 10 nitrogen and oxygen atoms in total. The van der Waals surface area contributed by atoms with Crippen LogP contribution in [0.2, 0.25) is 0 Å². The molecule has 1 atom stereocenters. The van der Waals surface area contributed by atoms with Crippen LogP contribution in [0.3, 0.4) is 0 Å². The lowest BCUT2D eigenvalue weighted by molar-refractivity contribution is -0.123. The fraction of sp³-hybridized carbons (Fsp3) is 0.435. The zero-order valence-corrected chi connectivity index (χ0v) is 18.5. The fourth-order valence-electron chi connectivity index (χ4n) is 3.97. The normalized spacial score (nSPS) is 17.3. The lowest BCUT2D eigenvalue weighted by Crippen LogP contribution is -2.37. The molecule has 3 heterocycles. The number of nitrogens with one attached hydrogen (secondary N) is 3. The maximum absolute atomic E-state index is 13.0. The number of rotatable bonds is 7. The predicted octanol–water partition coefficient (Wildman–Crippen LogP) is 2.39. The van der Waals surface area contributed by atoms with E-state index in [1.165, 1.54) is 0 Å². The number of carbonyl (C=O) groups is 3. The highest BCUT2D eigenvalue weighted by Crippen LogP contribution is 2.30. The highest BCUT2D eigenvalue weighted by atomic mass is 16.5. The van der Waals surface area contributed by atoms with Gasteiger partial charge < -0.3 is 20.3 Å². The third-order valence-electron chi connectivity index (χ3n) is 5.78. The summed E-state index contributed by atoms with van der Waals surface area (Å²) in [6, 6.07) is 6.28. The highest BCUT2D eigenvalue weighted by molar-refractivity contribution is 6.04. The number of amides is 2. The molecular formula is C23H27N5O5. The lowest BCUT2D eigenvalue weighted by Gasteiger charge is -2.25. The maximum atomic E-state index is 13.0. The minimum atomic E-state index is -0.976. The van der Waals surface area contributed by atoms with Crippen LogP contribution in [0.15, 0.2) is 29.1 Å². The van der Waals surface area contributed by atoms with Gasteiger partial charge in [-0.05, 0) is 43.5 Å². The van der Waals surface area contributed by atoms with Crippen LogP contribution in [-0.4, -0.2) is 47.4 Å². The van der Waals surface area contributed by atoms with Gasteiger partial charge in [0.25, 0.3) is 5.56 Å². The predicted molar refractivity (Wildman–Crippen MR) is 123 cm³/mol. The number of hydrogen-bond acceptors (Lipinski definition) is 7. The molecule has 0 spiro atoms. The summed E-state index contributed by atoms with van der Waals surface area (Å²) in [5.41, 5.74) is 0.524. The minimum absolute atomic E-state index is 0.127. The molecule has 2 aliphatic rings. The van der Waals surface area contributed by atoms with E-state index in [1.54, 1.807) is 24.3 Å². The Morgan fingerprint density at radius 3 is 2.61 bits per heavy atom. The van der Waals surface area contributed by atoms with Crippen LogP contribution in [-0.2, 0) is 14.3 Å². The second kappa shape index (κ2) is 9.85. The minimum Gasteiger partial charge on any atom is -0.462 e. The van der Waals surface area contributed by atoms with Crippen molar-refractivity contribution in [3.8, 4) is 0 Å². The van der Waals surface area contributed by atoms with E-state index in [2.05, 4.69) is 20.6 Å². The Kier molecular flexibility index (Phi) is 6.71. The molecule has 174 valence electrons. The summed E-state index contributed by atoms with van der Waals surface area (Å²) in [7, 11) is 0. The molecule has 0 radical (unpaired) electrons. The van der Waals surface area contributed by atoms with E-state index < -0.39 is 23.4 Å². The quantitative estimate of drug-likeness (QED) is 0.433. The fourth-order valence-corrected chi connectivity index (χ4v) is 3.97. The third kappa shape index (κ3) is 5.05. The smallest absolute Gasteiger partial charge is 0.338 e. The summed E-state index contributed by atoms with van der Waals surface area (Å²) < 4.78 is 5.18. The standard InChI is InChI=1S/C23H27N5O5/c1-2-3-12-33-22(32)14-6-8-15(9-7-14)24-20(30)16-13-17(29)25-19-18(16)21(31)27-23(26-19)28-10-4-5-11-28/h6-9,16H,2-5,10-13H2,1H3,(H,24,30)(H2,25,26,27,29,31)/t16-/m0/s1. The van der Waals surface area contributed by atoms with Gasteiger partial charge in [-0.3, -0.25) is 19.4 Å². The van der Waals surface area contributed by atoms with Crippen molar-refractivity contribution in [3.63, 3.8) is 0 Å². The number of fused-ring (bicyclic) bond motifs is 1. The molecule has 0 bridgehead atoms. The molecule has 1 fully saturated rings. The van der Waals surface area contributed by atoms with Crippen LogP contribution in [0.25, 0.3) is 0 Å². The average molecular weight is 453 g/mol. The van der Waals surface area contributed by atoms with Gasteiger partial charge in [-0.2, -0.15) is 4.98 Å². The first-order chi connectivity index (χ1) is 16.0. The molecule has 33 heavy (non-hydrogen) atoms. The van der Waals surface area contributed by atoms with Crippen molar-refractivity contribution in [3.05, 3.63) is 45.7 Å². The van der Waals surface area contributed by atoms with Crippen molar-refractivity contribution in [1.82, 2.24) is 9.97 Å². The molecule has 1 aromatic carbocycles. The van der Waals surface area contributed by atoms with E-state index in [1.807, 2.05) is 11.8 Å². The Bertz CT molecular complexity index is 1110. The van der Waals surface area contributed by atoms with Gasteiger partial charge in [0.2, 0.25) is 17.8 Å². The van der Waals surface area contributed by atoms with Gasteiger partial charge in [-0.15, -0.1) is 0 Å². The molecule has 2 aromatic rings. The molecule has 0 saturated carbocycles. The third-order valence-corrected chi connectivity index (χ3v) is 5.78. The second-order valence-electron chi connectivity index (χ2n) is 8.21. The summed E-state index contributed by atoms with van der Waals surface area (Å²) >= 11 is 0. The number of esters is 1. The average Bonchev–Trinajstić information content (AvgIpc) is 3.34. The van der Waals surface area contributed by atoms with Crippen molar-refractivity contribution in [2.24, 2.45) is 0 Å². The van der Waals surface area contributed by atoms with Gasteiger partial charge in [0.15, 0.2) is 0 Å². The van der Waals surface area contributed by atoms with Gasteiger partial charge in [-0.25, -0.2) is 4.79 Å². The lowest BCUT2D eigenvalue weighted by atomic mass is 9.92. The van der Waals surface area contributed by atoms with Crippen molar-refractivity contribution >= 4 is 35.2 Å². The van der Waals surface area contributed by atoms with Crippen LogP contribution in [0.4, 0.5) is 17.5 Å². The van der Waals surface area contributed by atoms with E-state index in [9.17, 15) is 19.2 Å². The summed E-state index contributed by atoms with van der Waals surface area (Å²) in [4.78, 5) is 59.2. The maximum Gasteiger partial charge on any atom is 0.338 e. The number of aromatic nitrogens is 2. The summed E-state index contributed by atoms with van der Waals surface area (Å²) in [6.07, 6.45) is 3.58. The molecule has 0 aliphatic carbocycles. The zero-order valence-electron chi connectivity index (χ0n) is 18.5. The van der Waals surface area contributed by atoms with E-state index in [4.69, 9.17) is 4.74 Å². The number of benzene rings is 1. The van der Waals surface area contributed by atoms with Gasteiger partial charge in [0.05, 0.1) is 23.7 Å². The Labute approximate surface area is 190 Å². The first kappa shape index (κ1) is 22.5. The van der Waals surface area contributed by atoms with Gasteiger partial charge in [-0.1, -0.05) is 13.3 Å². The molecule has 4 rings (SSSR count). The number of nitrogens with zero attached hydrogens (tertiary/aromatic N) is 2. The molecule has 2 amide bonds. The zero-order chi connectivity index (χ0) is 23.4. The summed E-state index contributed by atoms with van der Waals surface area (Å²) in [6.45, 7) is 3.93. The number of carbonyl (C=O) groups excluding carboxylic acids is 3.